The van der Waals surface area contributed by atoms with Gasteiger partial charge in [0.1, 0.15) is 0 Å². The topological polar surface area (TPSA) is 29.1 Å². The van der Waals surface area contributed by atoms with Crippen LogP contribution in [0, 0.1) is 11.3 Å². The van der Waals surface area contributed by atoms with Crippen molar-refractivity contribution in [2.45, 2.75) is 78.7 Å². The van der Waals surface area contributed by atoms with Crippen LogP contribution in [0.4, 0.5) is 0 Å². The van der Waals surface area contributed by atoms with Gasteiger partial charge in [0.2, 0.25) is 5.91 Å². The van der Waals surface area contributed by atoms with E-state index in [1.165, 1.54) is 6.42 Å². The predicted octanol–water partition coefficient (Wildman–Crippen LogP) is 3.90. The molecule has 0 aromatic heterocycles. The van der Waals surface area contributed by atoms with Crippen LogP contribution in [-0.4, -0.2) is 11.9 Å². The molecular formula is C15H29NO. The summed E-state index contributed by atoms with van der Waals surface area (Å²) in [6, 6.07) is 0.425. The van der Waals surface area contributed by atoms with Gasteiger partial charge in [0, 0.05) is 12.0 Å². The summed E-state index contributed by atoms with van der Waals surface area (Å²) >= 11 is 0. The second-order valence-electron chi connectivity index (χ2n) is 6.39. The molecular weight excluding hydrogens is 210 g/mol. The van der Waals surface area contributed by atoms with Crippen LogP contribution in [0.25, 0.3) is 0 Å². The quantitative estimate of drug-likeness (QED) is 0.748. The molecule has 1 amide bonds. The Morgan fingerprint density at radius 2 is 1.88 bits per heavy atom. The van der Waals surface area contributed by atoms with Gasteiger partial charge in [-0.2, -0.15) is 0 Å². The lowest BCUT2D eigenvalue weighted by Crippen LogP contribution is -2.38. The molecule has 1 N–H and O–H groups in total. The van der Waals surface area contributed by atoms with E-state index >= 15 is 0 Å². The van der Waals surface area contributed by atoms with Gasteiger partial charge in [-0.05, 0) is 37.5 Å². The summed E-state index contributed by atoms with van der Waals surface area (Å²) < 4.78 is 0. The highest BCUT2D eigenvalue weighted by Crippen LogP contribution is 2.37. The highest BCUT2D eigenvalue weighted by molar-refractivity contribution is 5.78. The van der Waals surface area contributed by atoms with E-state index in [-0.39, 0.29) is 5.92 Å². The van der Waals surface area contributed by atoms with Crippen molar-refractivity contribution in [3.05, 3.63) is 0 Å². The maximum Gasteiger partial charge on any atom is 0.223 e. The smallest absolute Gasteiger partial charge is 0.223 e. The molecule has 2 heteroatoms. The molecule has 1 unspecified atom stereocenters. The Kier molecular flexibility index (Phi) is 5.48. The Bertz CT molecular complexity index is 241. The normalized spacial score (nSPS) is 23.0. The maximum atomic E-state index is 12.2. The minimum atomic E-state index is 0.244. The van der Waals surface area contributed by atoms with Gasteiger partial charge in [-0.15, -0.1) is 0 Å². The molecule has 1 atom stereocenters. The molecule has 0 radical (unpaired) electrons. The fourth-order valence-electron chi connectivity index (χ4n) is 2.98. The van der Waals surface area contributed by atoms with Gasteiger partial charge < -0.3 is 5.32 Å². The van der Waals surface area contributed by atoms with Gasteiger partial charge in [-0.3, -0.25) is 4.79 Å². The number of amides is 1. The molecule has 0 bridgehead atoms. The molecule has 0 aliphatic heterocycles. The first-order chi connectivity index (χ1) is 7.98. The molecule has 0 spiro atoms. The average Bonchev–Trinajstić information content (AvgIpc) is 2.57. The molecule has 100 valence electrons. The summed E-state index contributed by atoms with van der Waals surface area (Å²) in [6.07, 6.45) is 7.83. The van der Waals surface area contributed by atoms with Gasteiger partial charge in [0.25, 0.3) is 0 Å². The van der Waals surface area contributed by atoms with Crippen molar-refractivity contribution < 1.29 is 4.79 Å². The van der Waals surface area contributed by atoms with E-state index < -0.39 is 0 Å². The average molecular weight is 239 g/mol. The predicted molar refractivity (Wildman–Crippen MR) is 72.9 cm³/mol. The molecule has 1 saturated carbocycles. The van der Waals surface area contributed by atoms with E-state index in [1.807, 2.05) is 0 Å². The molecule has 0 aromatic rings. The van der Waals surface area contributed by atoms with E-state index in [9.17, 15) is 4.79 Å². The first-order valence-corrected chi connectivity index (χ1v) is 7.29. The van der Waals surface area contributed by atoms with Crippen LogP contribution in [0.5, 0.6) is 0 Å². The first kappa shape index (κ1) is 14.5. The van der Waals surface area contributed by atoms with E-state index in [1.54, 1.807) is 0 Å². The number of hydrogen-bond donors (Lipinski definition) is 1. The molecule has 1 aliphatic carbocycles. The molecule has 1 rings (SSSR count). The molecule has 0 aromatic carbocycles. The molecule has 2 nitrogen and oxygen atoms in total. The third-order valence-corrected chi connectivity index (χ3v) is 3.96. The van der Waals surface area contributed by atoms with Gasteiger partial charge in [0.05, 0.1) is 0 Å². The van der Waals surface area contributed by atoms with Crippen molar-refractivity contribution in [1.82, 2.24) is 5.32 Å². The van der Waals surface area contributed by atoms with Gasteiger partial charge in [-0.25, -0.2) is 0 Å². The van der Waals surface area contributed by atoms with Crippen molar-refractivity contribution >= 4 is 5.91 Å². The zero-order valence-corrected chi connectivity index (χ0v) is 12.0. The number of rotatable bonds is 6. The summed E-state index contributed by atoms with van der Waals surface area (Å²) in [5.74, 6) is 0.546. The number of carbonyl (C=O) groups is 1. The monoisotopic (exact) mass is 239 g/mol. The summed E-state index contributed by atoms with van der Waals surface area (Å²) in [5.41, 5.74) is 0.420. The number of carbonyl (C=O) groups excluding carboxylic acids is 1. The molecule has 17 heavy (non-hydrogen) atoms. The Balaban J connectivity index is 2.41. The third kappa shape index (κ3) is 4.69. The van der Waals surface area contributed by atoms with Gasteiger partial charge >= 0.3 is 0 Å². The molecule has 1 fully saturated rings. The van der Waals surface area contributed by atoms with Crippen molar-refractivity contribution in [3.63, 3.8) is 0 Å². The van der Waals surface area contributed by atoms with Crippen molar-refractivity contribution in [3.8, 4) is 0 Å². The third-order valence-electron chi connectivity index (χ3n) is 3.96. The lowest BCUT2D eigenvalue weighted by Gasteiger charge is -2.21. The largest absolute Gasteiger partial charge is 0.353 e. The van der Waals surface area contributed by atoms with E-state index in [2.05, 4.69) is 33.0 Å². The fraction of sp³-hybridized carbons (Fsp3) is 0.933. The Morgan fingerprint density at radius 3 is 2.29 bits per heavy atom. The van der Waals surface area contributed by atoms with E-state index in [4.69, 9.17) is 0 Å². The minimum Gasteiger partial charge on any atom is -0.353 e. The fourth-order valence-corrected chi connectivity index (χ4v) is 2.98. The zero-order chi connectivity index (χ0) is 12.9. The van der Waals surface area contributed by atoms with Crippen LogP contribution in [0.2, 0.25) is 0 Å². The molecule has 0 saturated heterocycles. The standard InChI is InChI=1S/C15H29NO/c1-5-7-12(8-6-2)14(17)16-13-9-10-15(3,4)11-13/h12-13H,5-11H2,1-4H3,(H,16,17). The van der Waals surface area contributed by atoms with Crippen LogP contribution >= 0.6 is 0 Å². The maximum absolute atomic E-state index is 12.2. The van der Waals surface area contributed by atoms with Crippen molar-refractivity contribution in [2.24, 2.45) is 11.3 Å². The van der Waals surface area contributed by atoms with Crippen LogP contribution in [-0.2, 0) is 4.79 Å². The highest BCUT2D eigenvalue weighted by Gasteiger charge is 2.32. The summed E-state index contributed by atoms with van der Waals surface area (Å²) in [5, 5.41) is 3.27. The Labute approximate surface area is 107 Å². The van der Waals surface area contributed by atoms with Crippen LogP contribution < -0.4 is 5.32 Å². The van der Waals surface area contributed by atoms with E-state index in [0.717, 1.165) is 38.5 Å². The summed E-state index contributed by atoms with van der Waals surface area (Å²) in [4.78, 5) is 12.2. The minimum absolute atomic E-state index is 0.244. The SMILES string of the molecule is CCCC(CCC)C(=O)NC1CCC(C)(C)C1. The second kappa shape index (κ2) is 6.42. The summed E-state index contributed by atoms with van der Waals surface area (Å²) in [6.45, 7) is 8.92. The Hall–Kier alpha value is -0.530. The molecule has 0 heterocycles. The van der Waals surface area contributed by atoms with Crippen molar-refractivity contribution in [1.29, 1.82) is 0 Å². The number of nitrogens with one attached hydrogen (secondary N) is 1. The first-order valence-electron chi connectivity index (χ1n) is 7.29. The lowest BCUT2D eigenvalue weighted by atomic mass is 9.91. The molecule has 1 aliphatic rings. The van der Waals surface area contributed by atoms with Crippen molar-refractivity contribution in [2.75, 3.05) is 0 Å². The lowest BCUT2D eigenvalue weighted by molar-refractivity contribution is -0.126. The highest BCUT2D eigenvalue weighted by atomic mass is 16.1. The van der Waals surface area contributed by atoms with Gasteiger partial charge in [0.15, 0.2) is 0 Å². The second-order valence-corrected chi connectivity index (χ2v) is 6.39. The van der Waals surface area contributed by atoms with Crippen LogP contribution in [0.3, 0.4) is 0 Å². The Morgan fingerprint density at radius 1 is 1.29 bits per heavy atom. The van der Waals surface area contributed by atoms with Gasteiger partial charge in [-0.1, -0.05) is 40.5 Å². The van der Waals surface area contributed by atoms with Crippen LogP contribution in [0.1, 0.15) is 72.6 Å². The number of hydrogen-bond acceptors (Lipinski definition) is 1. The summed E-state index contributed by atoms with van der Waals surface area (Å²) in [7, 11) is 0. The van der Waals surface area contributed by atoms with E-state index in [0.29, 0.717) is 17.4 Å². The zero-order valence-electron chi connectivity index (χ0n) is 12.0. The van der Waals surface area contributed by atoms with Crippen LogP contribution in [0.15, 0.2) is 0 Å².